The van der Waals surface area contributed by atoms with Gasteiger partial charge in [0, 0.05) is 18.8 Å². The van der Waals surface area contributed by atoms with Gasteiger partial charge < -0.3 is 10.0 Å². The molecular weight excluding hydrogens is 314 g/mol. The zero-order valence-corrected chi connectivity index (χ0v) is 14.6. The highest BCUT2D eigenvalue weighted by Gasteiger charge is 2.24. The zero-order chi connectivity index (χ0) is 17.2. The van der Waals surface area contributed by atoms with Crippen molar-refractivity contribution in [1.82, 2.24) is 14.7 Å². The van der Waals surface area contributed by atoms with Crippen LogP contribution in [-0.4, -0.2) is 44.4 Å². The van der Waals surface area contributed by atoms with E-state index in [9.17, 15) is 9.90 Å². The van der Waals surface area contributed by atoms with Crippen LogP contribution in [0.1, 0.15) is 37.0 Å². The minimum atomic E-state index is -0.952. The predicted octanol–water partition coefficient (Wildman–Crippen LogP) is 3.07. The summed E-state index contributed by atoms with van der Waals surface area (Å²) in [5, 5.41) is 14.9. The number of hydrogen-bond donors (Lipinski definition) is 1. The summed E-state index contributed by atoms with van der Waals surface area (Å²) in [6.07, 6.45) is 0. The third kappa shape index (κ3) is 4.12. The Balaban J connectivity index is 2.33. The number of para-hydroxylation sites is 1. The van der Waals surface area contributed by atoms with Gasteiger partial charge in [-0.3, -0.25) is 4.79 Å². The van der Waals surface area contributed by atoms with E-state index >= 15 is 0 Å². The molecule has 0 saturated carbocycles. The highest BCUT2D eigenvalue weighted by molar-refractivity contribution is 6.32. The molecule has 124 valence electrons. The van der Waals surface area contributed by atoms with Gasteiger partial charge in [0.15, 0.2) is 5.69 Å². The summed E-state index contributed by atoms with van der Waals surface area (Å²) >= 11 is 6.21. The van der Waals surface area contributed by atoms with E-state index in [-0.39, 0.29) is 12.5 Å². The number of likely N-dealkylation sites (N-methyl/N-ethyl adjacent to an activating group) is 1. The molecule has 0 aliphatic carbocycles. The molecule has 1 aromatic carbocycles. The van der Waals surface area contributed by atoms with E-state index in [0.717, 1.165) is 11.4 Å². The number of benzene rings is 1. The summed E-state index contributed by atoms with van der Waals surface area (Å²) in [4.78, 5) is 14.2. The minimum absolute atomic E-state index is 0.205. The monoisotopic (exact) mass is 335 g/mol. The van der Waals surface area contributed by atoms with Crippen LogP contribution in [0.5, 0.6) is 0 Å². The first-order valence-corrected chi connectivity index (χ1v) is 7.94. The van der Waals surface area contributed by atoms with Crippen LogP contribution in [0.15, 0.2) is 30.3 Å². The van der Waals surface area contributed by atoms with Crippen molar-refractivity contribution in [3.8, 4) is 5.69 Å². The fraction of sp³-hybridized carbons (Fsp3) is 0.412. The van der Waals surface area contributed by atoms with Crippen molar-refractivity contribution in [2.45, 2.75) is 33.3 Å². The van der Waals surface area contributed by atoms with E-state index in [1.807, 2.05) is 32.0 Å². The molecule has 5 nitrogen and oxygen atoms in total. The van der Waals surface area contributed by atoms with Crippen molar-refractivity contribution in [3.05, 3.63) is 46.7 Å². The Labute approximate surface area is 141 Å². The maximum atomic E-state index is 12.6. The van der Waals surface area contributed by atoms with Crippen molar-refractivity contribution in [3.63, 3.8) is 0 Å². The van der Waals surface area contributed by atoms with E-state index in [1.165, 1.54) is 0 Å². The molecule has 0 radical (unpaired) electrons. The largest absolute Gasteiger partial charge is 0.389 e. The first kappa shape index (κ1) is 17.5. The number of carbonyl (C=O) groups is 1. The molecule has 1 heterocycles. The van der Waals surface area contributed by atoms with Crippen LogP contribution in [0.25, 0.3) is 5.69 Å². The highest BCUT2D eigenvalue weighted by atomic mass is 35.5. The van der Waals surface area contributed by atoms with Crippen molar-refractivity contribution in [2.75, 3.05) is 13.1 Å². The fourth-order valence-electron chi connectivity index (χ4n) is 2.40. The molecule has 0 atom stereocenters. The summed E-state index contributed by atoms with van der Waals surface area (Å²) in [7, 11) is 0. The molecule has 0 aliphatic rings. The van der Waals surface area contributed by atoms with Crippen LogP contribution in [-0.2, 0) is 0 Å². The summed E-state index contributed by atoms with van der Waals surface area (Å²) in [6.45, 7) is 7.86. The van der Waals surface area contributed by atoms with E-state index in [0.29, 0.717) is 17.3 Å². The van der Waals surface area contributed by atoms with E-state index in [4.69, 9.17) is 11.6 Å². The molecule has 0 fully saturated rings. The number of carbonyl (C=O) groups excluding carboxylic acids is 1. The molecule has 0 saturated heterocycles. The van der Waals surface area contributed by atoms with E-state index in [2.05, 4.69) is 5.10 Å². The van der Waals surface area contributed by atoms with Crippen molar-refractivity contribution in [1.29, 1.82) is 0 Å². The summed E-state index contributed by atoms with van der Waals surface area (Å²) in [6, 6.07) is 9.09. The number of aromatic nitrogens is 2. The van der Waals surface area contributed by atoms with Gasteiger partial charge in [0.05, 0.1) is 16.3 Å². The van der Waals surface area contributed by atoms with Crippen LogP contribution >= 0.6 is 11.6 Å². The number of halogens is 1. The Kier molecular flexibility index (Phi) is 5.12. The van der Waals surface area contributed by atoms with Gasteiger partial charge in [0.1, 0.15) is 0 Å². The lowest BCUT2D eigenvalue weighted by molar-refractivity contribution is 0.0311. The molecule has 23 heavy (non-hydrogen) atoms. The predicted molar refractivity (Wildman–Crippen MR) is 91.2 cm³/mol. The van der Waals surface area contributed by atoms with Gasteiger partial charge in [0.2, 0.25) is 0 Å². The minimum Gasteiger partial charge on any atom is -0.389 e. The number of hydrogen-bond acceptors (Lipinski definition) is 3. The molecule has 0 unspecified atom stereocenters. The SMILES string of the molecule is CCN(CC(C)(C)O)C(=O)c1cc(C)n(-c2ccccc2Cl)n1. The topological polar surface area (TPSA) is 58.4 Å². The van der Waals surface area contributed by atoms with E-state index in [1.54, 1.807) is 35.6 Å². The van der Waals surface area contributed by atoms with Crippen LogP contribution in [0.3, 0.4) is 0 Å². The lowest BCUT2D eigenvalue weighted by Crippen LogP contribution is -2.42. The smallest absolute Gasteiger partial charge is 0.274 e. The average molecular weight is 336 g/mol. The highest BCUT2D eigenvalue weighted by Crippen LogP contribution is 2.21. The number of aliphatic hydroxyl groups is 1. The lowest BCUT2D eigenvalue weighted by Gasteiger charge is -2.27. The van der Waals surface area contributed by atoms with Crippen LogP contribution < -0.4 is 0 Å². The Hall–Kier alpha value is -1.85. The van der Waals surface area contributed by atoms with Gasteiger partial charge in [-0.05, 0) is 45.9 Å². The Bertz CT molecular complexity index is 704. The molecule has 1 aromatic heterocycles. The molecule has 2 aromatic rings. The van der Waals surface area contributed by atoms with Crippen molar-refractivity contribution in [2.24, 2.45) is 0 Å². The second-order valence-electron chi connectivity index (χ2n) is 6.17. The normalized spacial score (nSPS) is 11.6. The summed E-state index contributed by atoms with van der Waals surface area (Å²) in [5.74, 6) is -0.205. The second kappa shape index (κ2) is 6.72. The number of rotatable bonds is 5. The van der Waals surface area contributed by atoms with Crippen LogP contribution in [0, 0.1) is 6.92 Å². The quantitative estimate of drug-likeness (QED) is 0.913. The van der Waals surface area contributed by atoms with Crippen molar-refractivity contribution >= 4 is 17.5 Å². The van der Waals surface area contributed by atoms with E-state index < -0.39 is 5.60 Å². The van der Waals surface area contributed by atoms with Gasteiger partial charge in [-0.15, -0.1) is 0 Å². The molecule has 0 aliphatic heterocycles. The van der Waals surface area contributed by atoms with Crippen LogP contribution in [0.4, 0.5) is 0 Å². The zero-order valence-electron chi connectivity index (χ0n) is 13.9. The maximum absolute atomic E-state index is 12.6. The Morgan fingerprint density at radius 3 is 2.61 bits per heavy atom. The first-order chi connectivity index (χ1) is 10.7. The third-order valence-corrected chi connectivity index (χ3v) is 3.75. The van der Waals surface area contributed by atoms with Gasteiger partial charge in [-0.25, -0.2) is 4.68 Å². The number of amides is 1. The average Bonchev–Trinajstić information content (AvgIpc) is 2.85. The Morgan fingerprint density at radius 2 is 2.04 bits per heavy atom. The molecule has 1 amide bonds. The molecule has 0 spiro atoms. The number of aryl methyl sites for hydroxylation is 1. The van der Waals surface area contributed by atoms with Gasteiger partial charge >= 0.3 is 0 Å². The Morgan fingerprint density at radius 1 is 1.39 bits per heavy atom. The molecule has 2 rings (SSSR count). The van der Waals surface area contributed by atoms with Crippen molar-refractivity contribution < 1.29 is 9.90 Å². The fourth-order valence-corrected chi connectivity index (χ4v) is 2.62. The molecule has 6 heteroatoms. The lowest BCUT2D eigenvalue weighted by atomic mass is 10.1. The molecular formula is C17H22ClN3O2. The van der Waals surface area contributed by atoms with Gasteiger partial charge in [-0.1, -0.05) is 23.7 Å². The third-order valence-electron chi connectivity index (χ3n) is 3.43. The standard InChI is InChI=1S/C17H22ClN3O2/c1-5-20(11-17(3,4)23)16(22)14-10-12(2)21(19-14)15-9-7-6-8-13(15)18/h6-10,23H,5,11H2,1-4H3. The van der Waals surface area contributed by atoms with Crippen LogP contribution in [0.2, 0.25) is 5.02 Å². The van der Waals surface area contributed by atoms with Gasteiger partial charge in [0.25, 0.3) is 5.91 Å². The summed E-state index contributed by atoms with van der Waals surface area (Å²) < 4.78 is 1.66. The maximum Gasteiger partial charge on any atom is 0.274 e. The summed E-state index contributed by atoms with van der Waals surface area (Å²) in [5.41, 5.74) is 0.942. The number of nitrogens with zero attached hydrogens (tertiary/aromatic N) is 3. The molecule has 0 bridgehead atoms. The molecule has 1 N–H and O–H groups in total. The first-order valence-electron chi connectivity index (χ1n) is 7.56. The van der Waals surface area contributed by atoms with Gasteiger partial charge in [-0.2, -0.15) is 5.10 Å². The second-order valence-corrected chi connectivity index (χ2v) is 6.57.